The molecule has 0 saturated heterocycles. The van der Waals surface area contributed by atoms with Gasteiger partial charge in [-0.3, -0.25) is 4.79 Å². The molecule has 0 aromatic heterocycles. The van der Waals surface area contributed by atoms with E-state index in [9.17, 15) is 4.79 Å². The quantitative estimate of drug-likeness (QED) is 0.437. The van der Waals surface area contributed by atoms with Gasteiger partial charge in [0.2, 0.25) is 9.76 Å². The third kappa shape index (κ3) is 5.65. The topological polar surface area (TPSA) is 46.5 Å². The van der Waals surface area contributed by atoms with Gasteiger partial charge in [-0.15, -0.1) is 0 Å². The molecule has 46 valence electrons. The van der Waals surface area contributed by atoms with Gasteiger partial charge in [-0.2, -0.15) is 0 Å². The molecular formula is C4H8O3Si. The molecule has 8 heavy (non-hydrogen) atoms. The Hall–Kier alpha value is -0.353. The molecule has 3 nitrogen and oxygen atoms in total. The van der Waals surface area contributed by atoms with Gasteiger partial charge in [0.05, 0.1) is 0 Å². The molecule has 0 saturated carbocycles. The Balaban J connectivity index is 2.82. The minimum absolute atomic E-state index is 0.215. The van der Waals surface area contributed by atoms with Gasteiger partial charge in [-0.1, -0.05) is 0 Å². The summed E-state index contributed by atoms with van der Waals surface area (Å²) in [7, 11) is 1.90. The first-order valence-electron chi connectivity index (χ1n) is 2.25. The van der Waals surface area contributed by atoms with E-state index in [0.717, 1.165) is 0 Å². The molecule has 1 N–H and O–H groups in total. The highest BCUT2D eigenvalue weighted by Crippen LogP contribution is 1.86. The summed E-state index contributed by atoms with van der Waals surface area (Å²) in [5.74, 6) is -0.755. The van der Waals surface area contributed by atoms with E-state index in [1.807, 2.05) is 0 Å². The molecule has 0 heterocycles. The van der Waals surface area contributed by atoms with Crippen LogP contribution in [0.4, 0.5) is 0 Å². The largest absolute Gasteiger partial charge is 0.481 e. The first kappa shape index (κ1) is 7.65. The first-order valence-corrected chi connectivity index (χ1v) is 3.36. The minimum atomic E-state index is -0.755. The number of carbonyl (C=O) groups is 1. The molecule has 0 aliphatic rings. The normalized spacial score (nSPS) is 9.12. The molecule has 0 fully saturated rings. The molecule has 0 amide bonds. The molecule has 0 atom stereocenters. The fourth-order valence-electron chi connectivity index (χ4n) is 0.260. The number of hydrogen-bond donors (Lipinski definition) is 1. The van der Waals surface area contributed by atoms with Gasteiger partial charge >= 0.3 is 5.97 Å². The highest BCUT2D eigenvalue weighted by molar-refractivity contribution is 6.27. The predicted molar refractivity (Wildman–Crippen MR) is 29.8 cm³/mol. The summed E-state index contributed by atoms with van der Waals surface area (Å²) in [4.78, 5) is 9.82. The Labute approximate surface area is 50.6 Å². The van der Waals surface area contributed by atoms with E-state index in [2.05, 4.69) is 4.43 Å². The summed E-state index contributed by atoms with van der Waals surface area (Å²) < 4.78 is 4.66. The van der Waals surface area contributed by atoms with Gasteiger partial charge in [0.15, 0.2) is 0 Å². The number of carboxylic acid groups (broad SMARTS) is 1. The maximum atomic E-state index is 9.82. The summed E-state index contributed by atoms with van der Waals surface area (Å²) in [5.41, 5.74) is 0. The first-order chi connectivity index (χ1) is 3.77. The van der Waals surface area contributed by atoms with Crippen LogP contribution in [0.3, 0.4) is 0 Å². The van der Waals surface area contributed by atoms with Crippen LogP contribution in [0.15, 0.2) is 0 Å². The number of hydrogen-bond acceptors (Lipinski definition) is 2. The number of rotatable bonds is 4. The maximum absolute atomic E-state index is 9.82. The van der Waals surface area contributed by atoms with Crippen molar-refractivity contribution in [2.45, 2.75) is 12.5 Å². The Kier molecular flexibility index (Phi) is 4.59. The minimum Gasteiger partial charge on any atom is -0.481 e. The van der Waals surface area contributed by atoms with Gasteiger partial charge in [0, 0.05) is 13.5 Å². The molecular weight excluding hydrogens is 124 g/mol. The maximum Gasteiger partial charge on any atom is 0.303 e. The van der Waals surface area contributed by atoms with Crippen molar-refractivity contribution in [1.82, 2.24) is 0 Å². The lowest BCUT2D eigenvalue weighted by atomic mass is 10.5. The van der Waals surface area contributed by atoms with Crippen molar-refractivity contribution in [1.29, 1.82) is 0 Å². The van der Waals surface area contributed by atoms with Crippen LogP contribution in [-0.2, 0) is 9.22 Å². The zero-order valence-corrected chi connectivity index (χ0v) is 5.68. The van der Waals surface area contributed by atoms with Crippen LogP contribution in [0.5, 0.6) is 0 Å². The van der Waals surface area contributed by atoms with Crippen LogP contribution < -0.4 is 0 Å². The van der Waals surface area contributed by atoms with Crippen molar-refractivity contribution < 1.29 is 14.3 Å². The van der Waals surface area contributed by atoms with Crippen molar-refractivity contribution in [3.05, 3.63) is 0 Å². The monoisotopic (exact) mass is 132 g/mol. The van der Waals surface area contributed by atoms with Crippen molar-refractivity contribution >= 4 is 15.7 Å². The van der Waals surface area contributed by atoms with Crippen molar-refractivity contribution in [2.24, 2.45) is 0 Å². The lowest BCUT2D eigenvalue weighted by Crippen LogP contribution is -1.99. The van der Waals surface area contributed by atoms with Crippen molar-refractivity contribution in [2.75, 3.05) is 7.11 Å². The summed E-state index contributed by atoms with van der Waals surface area (Å²) in [6.07, 6.45) is 0.215. The fraction of sp³-hybridized carbons (Fsp3) is 0.750. The van der Waals surface area contributed by atoms with Gasteiger partial charge < -0.3 is 9.53 Å². The summed E-state index contributed by atoms with van der Waals surface area (Å²) in [6.45, 7) is 0. The van der Waals surface area contributed by atoms with Crippen molar-refractivity contribution in [3.8, 4) is 0 Å². The molecule has 0 spiro atoms. The van der Waals surface area contributed by atoms with E-state index in [-0.39, 0.29) is 6.42 Å². The molecule has 0 aromatic carbocycles. The van der Waals surface area contributed by atoms with Crippen LogP contribution in [-0.4, -0.2) is 27.9 Å². The predicted octanol–water partition coefficient (Wildman–Crippen LogP) is 0.145. The molecule has 0 rings (SSSR count). The molecule has 0 unspecified atom stereocenters. The lowest BCUT2D eigenvalue weighted by Gasteiger charge is -1.89. The van der Waals surface area contributed by atoms with Gasteiger partial charge in [-0.25, -0.2) is 0 Å². The smallest absolute Gasteiger partial charge is 0.303 e. The highest BCUT2D eigenvalue weighted by atomic mass is 28.2. The lowest BCUT2D eigenvalue weighted by molar-refractivity contribution is -0.136. The molecule has 0 aliphatic heterocycles. The Bertz CT molecular complexity index is 73.7. The Morgan fingerprint density at radius 1 is 1.88 bits per heavy atom. The molecule has 0 aromatic rings. The van der Waals surface area contributed by atoms with E-state index in [1.54, 1.807) is 7.11 Å². The van der Waals surface area contributed by atoms with Crippen LogP contribution in [0.1, 0.15) is 6.42 Å². The van der Waals surface area contributed by atoms with E-state index >= 15 is 0 Å². The zero-order chi connectivity index (χ0) is 6.41. The van der Waals surface area contributed by atoms with Gasteiger partial charge in [0.1, 0.15) is 0 Å². The second-order valence-corrected chi connectivity index (χ2v) is 2.44. The van der Waals surface area contributed by atoms with Gasteiger partial charge in [0.25, 0.3) is 0 Å². The SMILES string of the molecule is CO[Si]CCC(=O)O. The van der Waals surface area contributed by atoms with E-state index < -0.39 is 5.97 Å². The third-order valence-electron chi connectivity index (χ3n) is 0.585. The van der Waals surface area contributed by atoms with Gasteiger partial charge in [-0.05, 0) is 6.04 Å². The summed E-state index contributed by atoms with van der Waals surface area (Å²) in [6, 6.07) is 0.631. The second kappa shape index (κ2) is 4.80. The molecule has 0 bridgehead atoms. The van der Waals surface area contributed by atoms with E-state index in [4.69, 9.17) is 5.11 Å². The molecule has 4 heteroatoms. The fourth-order valence-corrected chi connectivity index (χ4v) is 0.780. The Morgan fingerprint density at radius 2 is 2.50 bits per heavy atom. The summed E-state index contributed by atoms with van der Waals surface area (Å²) >= 11 is 0. The van der Waals surface area contributed by atoms with Crippen LogP contribution >= 0.6 is 0 Å². The average Bonchev–Trinajstić information content (AvgIpc) is 1.66. The highest BCUT2D eigenvalue weighted by Gasteiger charge is 1.95. The molecule has 2 radical (unpaired) electrons. The van der Waals surface area contributed by atoms with Crippen LogP contribution in [0, 0.1) is 0 Å². The Morgan fingerprint density at radius 3 is 2.88 bits per heavy atom. The average molecular weight is 132 g/mol. The van der Waals surface area contributed by atoms with Crippen LogP contribution in [0.25, 0.3) is 0 Å². The van der Waals surface area contributed by atoms with E-state index in [1.165, 1.54) is 0 Å². The standard InChI is InChI=1S/C4H8O3Si/c1-7-8-3-2-4(5)6/h2-3H2,1H3,(H,5,6). The number of aliphatic carboxylic acids is 1. The van der Waals surface area contributed by atoms with Crippen LogP contribution in [0.2, 0.25) is 6.04 Å². The van der Waals surface area contributed by atoms with Crippen molar-refractivity contribution in [3.63, 3.8) is 0 Å². The van der Waals surface area contributed by atoms with E-state index in [0.29, 0.717) is 15.8 Å². The molecule has 0 aliphatic carbocycles. The third-order valence-corrected chi connectivity index (χ3v) is 1.33. The summed E-state index contributed by atoms with van der Waals surface area (Å²) in [5, 5.41) is 8.09. The zero-order valence-electron chi connectivity index (χ0n) is 4.68. The second-order valence-electron chi connectivity index (χ2n) is 1.24. The number of carboxylic acids is 1.